The Morgan fingerprint density at radius 2 is 2.35 bits per heavy atom. The van der Waals surface area contributed by atoms with Gasteiger partial charge in [0.15, 0.2) is 0 Å². The van der Waals surface area contributed by atoms with Crippen LogP contribution in [0, 0.1) is 0 Å². The third-order valence-electron chi connectivity index (χ3n) is 3.78. The molecule has 0 aromatic carbocycles. The number of hydrogen-bond donors (Lipinski definition) is 1. The van der Waals surface area contributed by atoms with Crippen molar-refractivity contribution in [2.75, 3.05) is 31.6 Å². The average molecular weight is 277 g/mol. The molecule has 20 heavy (non-hydrogen) atoms. The van der Waals surface area contributed by atoms with Gasteiger partial charge in [-0.25, -0.2) is 0 Å². The van der Waals surface area contributed by atoms with Crippen LogP contribution in [0.5, 0.6) is 0 Å². The summed E-state index contributed by atoms with van der Waals surface area (Å²) in [6, 6.07) is 2.10. The molecule has 0 bridgehead atoms. The molecule has 1 aromatic rings. The van der Waals surface area contributed by atoms with Gasteiger partial charge in [-0.3, -0.25) is 4.98 Å². The van der Waals surface area contributed by atoms with Crippen LogP contribution in [-0.4, -0.2) is 37.8 Å². The first-order chi connectivity index (χ1) is 9.81. The Morgan fingerprint density at radius 3 is 3.10 bits per heavy atom. The molecule has 1 fully saturated rings. The van der Waals surface area contributed by atoms with Crippen LogP contribution in [0.2, 0.25) is 0 Å². The van der Waals surface area contributed by atoms with Crippen molar-refractivity contribution in [3.63, 3.8) is 0 Å². The van der Waals surface area contributed by atoms with Crippen molar-refractivity contribution in [3.05, 3.63) is 24.0 Å². The van der Waals surface area contributed by atoms with E-state index >= 15 is 0 Å². The van der Waals surface area contributed by atoms with Crippen LogP contribution >= 0.6 is 0 Å². The van der Waals surface area contributed by atoms with Gasteiger partial charge in [0.2, 0.25) is 0 Å². The van der Waals surface area contributed by atoms with Crippen LogP contribution < -0.4 is 10.2 Å². The van der Waals surface area contributed by atoms with Crippen LogP contribution in [0.15, 0.2) is 18.5 Å². The summed E-state index contributed by atoms with van der Waals surface area (Å²) in [6.45, 7) is 5.99. The Morgan fingerprint density at radius 1 is 1.45 bits per heavy atom. The van der Waals surface area contributed by atoms with E-state index in [1.54, 1.807) is 0 Å². The van der Waals surface area contributed by atoms with E-state index < -0.39 is 0 Å². The van der Waals surface area contributed by atoms with Gasteiger partial charge >= 0.3 is 0 Å². The molecule has 1 aliphatic rings. The third-order valence-corrected chi connectivity index (χ3v) is 3.78. The highest BCUT2D eigenvalue weighted by atomic mass is 16.5. The van der Waals surface area contributed by atoms with Crippen molar-refractivity contribution < 1.29 is 4.74 Å². The second-order valence-electron chi connectivity index (χ2n) is 5.55. The molecule has 1 aromatic heterocycles. The maximum atomic E-state index is 5.84. The van der Waals surface area contributed by atoms with E-state index in [0.717, 1.165) is 32.7 Å². The monoisotopic (exact) mass is 277 g/mol. The minimum atomic E-state index is 0.373. The van der Waals surface area contributed by atoms with Crippen molar-refractivity contribution >= 4 is 5.69 Å². The highest BCUT2D eigenvalue weighted by Crippen LogP contribution is 2.21. The fraction of sp³-hybridized carbons (Fsp3) is 0.688. The van der Waals surface area contributed by atoms with E-state index in [2.05, 4.69) is 35.2 Å². The number of aromatic nitrogens is 1. The van der Waals surface area contributed by atoms with E-state index in [9.17, 15) is 0 Å². The fourth-order valence-electron chi connectivity index (χ4n) is 2.68. The maximum Gasteiger partial charge on any atom is 0.0749 e. The molecule has 0 spiro atoms. The van der Waals surface area contributed by atoms with Gasteiger partial charge in [0.1, 0.15) is 0 Å². The Labute approximate surface area is 122 Å². The van der Waals surface area contributed by atoms with E-state index in [-0.39, 0.29) is 0 Å². The van der Waals surface area contributed by atoms with E-state index in [1.165, 1.54) is 30.5 Å². The summed E-state index contributed by atoms with van der Waals surface area (Å²) in [5.41, 5.74) is 2.53. The van der Waals surface area contributed by atoms with Crippen LogP contribution in [0.1, 0.15) is 38.2 Å². The summed E-state index contributed by atoms with van der Waals surface area (Å²) >= 11 is 0. The number of pyridine rings is 1. The van der Waals surface area contributed by atoms with Gasteiger partial charge in [-0.1, -0.05) is 6.92 Å². The van der Waals surface area contributed by atoms with Crippen molar-refractivity contribution in [2.45, 2.75) is 45.3 Å². The zero-order valence-corrected chi connectivity index (χ0v) is 12.8. The smallest absolute Gasteiger partial charge is 0.0749 e. The minimum absolute atomic E-state index is 0.373. The van der Waals surface area contributed by atoms with Gasteiger partial charge in [-0.2, -0.15) is 0 Å². The average Bonchev–Trinajstić information content (AvgIpc) is 2.49. The predicted octanol–water partition coefficient (Wildman–Crippen LogP) is 2.59. The first-order valence-electron chi connectivity index (χ1n) is 7.77. The normalized spacial score (nSPS) is 19.0. The Kier molecular flexibility index (Phi) is 6.27. The van der Waals surface area contributed by atoms with Gasteiger partial charge in [0.25, 0.3) is 0 Å². The Bertz CT molecular complexity index is 391. The fourth-order valence-corrected chi connectivity index (χ4v) is 2.68. The molecule has 0 radical (unpaired) electrons. The predicted molar refractivity (Wildman–Crippen MR) is 83.1 cm³/mol. The van der Waals surface area contributed by atoms with Gasteiger partial charge in [0.05, 0.1) is 6.10 Å². The summed E-state index contributed by atoms with van der Waals surface area (Å²) in [4.78, 5) is 6.56. The van der Waals surface area contributed by atoms with E-state index in [4.69, 9.17) is 4.74 Å². The molecule has 4 nitrogen and oxygen atoms in total. The molecule has 4 heteroatoms. The third kappa shape index (κ3) is 4.46. The second-order valence-corrected chi connectivity index (χ2v) is 5.55. The molecule has 0 saturated carbocycles. The zero-order chi connectivity index (χ0) is 14.2. The Hall–Kier alpha value is -1.13. The minimum Gasteiger partial charge on any atom is -0.376 e. The molecular formula is C16H27N3O. The number of ether oxygens (including phenoxy) is 1. The second kappa shape index (κ2) is 8.22. The lowest BCUT2D eigenvalue weighted by atomic mass is 10.1. The van der Waals surface area contributed by atoms with Crippen molar-refractivity contribution in [2.24, 2.45) is 0 Å². The summed E-state index contributed by atoms with van der Waals surface area (Å²) in [5.74, 6) is 0. The first kappa shape index (κ1) is 15.3. The number of hydrogen-bond acceptors (Lipinski definition) is 4. The van der Waals surface area contributed by atoms with Crippen LogP contribution in [0.3, 0.4) is 0 Å². The molecule has 2 heterocycles. The van der Waals surface area contributed by atoms with Gasteiger partial charge in [-0.15, -0.1) is 0 Å². The number of rotatable bonds is 7. The van der Waals surface area contributed by atoms with Crippen LogP contribution in [-0.2, 0) is 11.3 Å². The lowest BCUT2D eigenvalue weighted by Crippen LogP contribution is -2.34. The molecule has 1 saturated heterocycles. The number of anilines is 1. The van der Waals surface area contributed by atoms with Crippen molar-refractivity contribution in [3.8, 4) is 0 Å². The molecule has 0 aliphatic carbocycles. The zero-order valence-electron chi connectivity index (χ0n) is 12.8. The standard InChI is InChI=1S/C16H27N3O/c1-3-8-17-11-14-12-18-9-7-16(14)19(2)13-15-6-4-5-10-20-15/h7,9,12,15,17H,3-6,8,10-11,13H2,1-2H3. The molecule has 1 N–H and O–H groups in total. The highest BCUT2D eigenvalue weighted by Gasteiger charge is 2.17. The van der Waals surface area contributed by atoms with E-state index in [1.807, 2.05) is 12.4 Å². The number of nitrogens with one attached hydrogen (secondary N) is 1. The van der Waals surface area contributed by atoms with Gasteiger partial charge in [-0.05, 0) is 38.3 Å². The summed E-state index contributed by atoms with van der Waals surface area (Å²) in [5, 5.41) is 3.45. The van der Waals surface area contributed by atoms with Crippen molar-refractivity contribution in [1.29, 1.82) is 0 Å². The highest BCUT2D eigenvalue weighted by molar-refractivity contribution is 5.51. The lowest BCUT2D eigenvalue weighted by molar-refractivity contribution is 0.0216. The molecule has 1 aliphatic heterocycles. The summed E-state index contributed by atoms with van der Waals surface area (Å²) in [7, 11) is 2.15. The largest absolute Gasteiger partial charge is 0.376 e. The molecule has 1 atom stereocenters. The van der Waals surface area contributed by atoms with Crippen LogP contribution in [0.25, 0.3) is 0 Å². The number of nitrogens with zero attached hydrogens (tertiary/aromatic N) is 2. The van der Waals surface area contributed by atoms with E-state index in [0.29, 0.717) is 6.10 Å². The van der Waals surface area contributed by atoms with Crippen molar-refractivity contribution in [1.82, 2.24) is 10.3 Å². The molecule has 112 valence electrons. The summed E-state index contributed by atoms with van der Waals surface area (Å²) < 4.78 is 5.84. The molecule has 1 unspecified atom stereocenters. The first-order valence-corrected chi connectivity index (χ1v) is 7.77. The topological polar surface area (TPSA) is 37.4 Å². The van der Waals surface area contributed by atoms with Gasteiger partial charge in [0, 0.05) is 50.4 Å². The summed E-state index contributed by atoms with van der Waals surface area (Å²) in [6.07, 6.45) is 9.05. The molecule has 0 amide bonds. The quantitative estimate of drug-likeness (QED) is 0.777. The number of likely N-dealkylation sites (N-methyl/N-ethyl adjacent to an activating group) is 1. The Balaban J connectivity index is 1.95. The molecule has 2 rings (SSSR count). The maximum absolute atomic E-state index is 5.84. The van der Waals surface area contributed by atoms with Gasteiger partial charge < -0.3 is 15.0 Å². The lowest BCUT2D eigenvalue weighted by Gasteiger charge is -2.29. The SMILES string of the molecule is CCCNCc1cnccc1N(C)CC1CCCCO1. The molecular weight excluding hydrogens is 250 g/mol. The van der Waals surface area contributed by atoms with Crippen LogP contribution in [0.4, 0.5) is 5.69 Å².